The van der Waals surface area contributed by atoms with Crippen molar-refractivity contribution in [3.63, 3.8) is 0 Å². The van der Waals surface area contributed by atoms with Gasteiger partial charge < -0.3 is 5.32 Å². The van der Waals surface area contributed by atoms with Gasteiger partial charge in [-0.25, -0.2) is 4.39 Å². The largest absolute Gasteiger partial charge is 0.300 e. The molecule has 1 aromatic carbocycles. The fraction of sp³-hybridized carbons (Fsp3) is 0.524. The van der Waals surface area contributed by atoms with Crippen molar-refractivity contribution in [1.82, 2.24) is 10.2 Å². The van der Waals surface area contributed by atoms with Gasteiger partial charge in [0.2, 0.25) is 11.0 Å². The van der Waals surface area contributed by atoms with Crippen LogP contribution >= 0.6 is 23.1 Å². The van der Waals surface area contributed by atoms with Crippen LogP contribution in [0.5, 0.6) is 0 Å². The van der Waals surface area contributed by atoms with Crippen LogP contribution in [-0.2, 0) is 4.79 Å². The molecule has 8 heteroatoms. The molecule has 1 aromatic heterocycles. The summed E-state index contributed by atoms with van der Waals surface area (Å²) in [5.41, 5.74) is 0.471. The van der Waals surface area contributed by atoms with Crippen molar-refractivity contribution in [3.8, 4) is 0 Å². The molecule has 2 aromatic rings. The Morgan fingerprint density at radius 2 is 1.69 bits per heavy atom. The van der Waals surface area contributed by atoms with E-state index in [0.29, 0.717) is 26.9 Å². The lowest BCUT2D eigenvalue weighted by molar-refractivity contribution is -0.132. The fourth-order valence-corrected chi connectivity index (χ4v) is 7.36. The number of rotatable bonds is 6. The van der Waals surface area contributed by atoms with E-state index in [4.69, 9.17) is 0 Å². The highest BCUT2D eigenvalue weighted by Gasteiger charge is 2.50. The summed E-state index contributed by atoms with van der Waals surface area (Å²) >= 11 is 2.58. The first-order valence-corrected chi connectivity index (χ1v) is 11.9. The number of nitrogens with zero attached hydrogens (tertiary/aromatic N) is 2. The maximum absolute atomic E-state index is 13.0. The number of anilines is 1. The summed E-state index contributed by atoms with van der Waals surface area (Å²) in [6.07, 6.45) is 6.18. The number of amides is 1. The lowest BCUT2D eigenvalue weighted by Gasteiger charge is -2.53. The number of nitrogens with one attached hydrogen (secondary N) is 1. The van der Waals surface area contributed by atoms with Crippen molar-refractivity contribution in [2.24, 2.45) is 29.6 Å². The molecule has 152 valence electrons. The number of ketones is 1. The maximum Gasteiger partial charge on any atom is 0.229 e. The first-order chi connectivity index (χ1) is 14.0. The molecule has 0 saturated heterocycles. The van der Waals surface area contributed by atoms with Crippen molar-refractivity contribution in [2.75, 3.05) is 11.1 Å². The predicted octanol–water partition coefficient (Wildman–Crippen LogP) is 4.66. The minimum atomic E-state index is -0.363. The standard InChI is InChI=1S/C21H22FN3O2S2/c22-16-3-1-13(2-4-16)17(26)10-28-21-25-24-20(29-21)23-19(27)18-14-6-11-5-12(8-14)9-15(18)7-11/h1-4,11-12,14-15,18H,5-10H2,(H,23,24,27). The number of carbonyl (C=O) groups excluding carboxylic acids is 2. The second-order valence-electron chi connectivity index (χ2n) is 8.54. The zero-order chi connectivity index (χ0) is 20.0. The molecule has 0 radical (unpaired) electrons. The molecule has 6 rings (SSSR count). The zero-order valence-electron chi connectivity index (χ0n) is 15.8. The lowest BCUT2D eigenvalue weighted by atomic mass is 9.51. The Balaban J connectivity index is 1.17. The summed E-state index contributed by atoms with van der Waals surface area (Å²) in [6, 6.07) is 5.52. The van der Waals surface area contributed by atoms with Gasteiger partial charge in [0.05, 0.1) is 5.75 Å². The molecule has 4 fully saturated rings. The number of benzene rings is 1. The van der Waals surface area contributed by atoms with Crippen molar-refractivity contribution in [2.45, 2.75) is 36.4 Å². The van der Waals surface area contributed by atoms with Crippen LogP contribution < -0.4 is 5.32 Å². The third kappa shape index (κ3) is 3.97. The van der Waals surface area contributed by atoms with Gasteiger partial charge in [-0.15, -0.1) is 10.2 Å². The van der Waals surface area contributed by atoms with Gasteiger partial charge in [-0.3, -0.25) is 9.59 Å². The quantitative estimate of drug-likeness (QED) is 0.409. The normalized spacial score (nSPS) is 29.8. The Kier molecular flexibility index (Phi) is 5.16. The molecule has 4 saturated carbocycles. The molecular formula is C21H22FN3O2S2. The van der Waals surface area contributed by atoms with E-state index in [-0.39, 0.29) is 29.2 Å². The van der Waals surface area contributed by atoms with Crippen LogP contribution in [0.2, 0.25) is 0 Å². The summed E-state index contributed by atoms with van der Waals surface area (Å²) in [5.74, 6) is 2.68. The smallest absolute Gasteiger partial charge is 0.229 e. The second kappa shape index (κ2) is 7.80. The average Bonchev–Trinajstić information content (AvgIpc) is 3.13. The highest BCUT2D eigenvalue weighted by Crippen LogP contribution is 2.56. The van der Waals surface area contributed by atoms with E-state index in [1.165, 1.54) is 79.5 Å². The van der Waals surface area contributed by atoms with Crippen LogP contribution in [0.4, 0.5) is 9.52 Å². The molecule has 4 bridgehead atoms. The highest BCUT2D eigenvalue weighted by molar-refractivity contribution is 8.01. The summed E-state index contributed by atoms with van der Waals surface area (Å²) in [4.78, 5) is 25.1. The molecule has 1 amide bonds. The van der Waals surface area contributed by atoms with E-state index in [2.05, 4.69) is 15.5 Å². The van der Waals surface area contributed by atoms with Gasteiger partial charge in [-0.05, 0) is 80.0 Å². The SMILES string of the molecule is O=C(CSc1nnc(NC(=O)C2C3CC4CC(C3)CC2C4)s1)c1ccc(F)cc1. The van der Waals surface area contributed by atoms with Crippen molar-refractivity contribution in [3.05, 3.63) is 35.6 Å². The third-order valence-corrected chi connectivity index (χ3v) is 8.63. The number of hydrogen-bond acceptors (Lipinski definition) is 6. The van der Waals surface area contributed by atoms with E-state index < -0.39 is 0 Å². The van der Waals surface area contributed by atoms with Crippen LogP contribution in [0.15, 0.2) is 28.6 Å². The van der Waals surface area contributed by atoms with Crippen LogP contribution in [0.25, 0.3) is 0 Å². The van der Waals surface area contributed by atoms with Gasteiger partial charge in [-0.2, -0.15) is 0 Å². The molecule has 4 aliphatic rings. The minimum absolute atomic E-state index is 0.0916. The summed E-state index contributed by atoms with van der Waals surface area (Å²) < 4.78 is 13.6. The van der Waals surface area contributed by atoms with Crippen LogP contribution in [-0.4, -0.2) is 27.6 Å². The first kappa shape index (κ1) is 19.2. The highest BCUT2D eigenvalue weighted by atomic mass is 32.2. The molecule has 0 spiro atoms. The Hall–Kier alpha value is -1.80. The van der Waals surface area contributed by atoms with Gasteiger partial charge in [-0.1, -0.05) is 23.1 Å². The third-order valence-electron chi connectivity index (χ3n) is 6.66. The molecule has 29 heavy (non-hydrogen) atoms. The predicted molar refractivity (Wildman–Crippen MR) is 111 cm³/mol. The van der Waals surface area contributed by atoms with Crippen LogP contribution in [0.1, 0.15) is 42.5 Å². The number of carbonyl (C=O) groups is 2. The van der Waals surface area contributed by atoms with E-state index in [1.54, 1.807) is 0 Å². The number of hydrogen-bond donors (Lipinski definition) is 1. The number of aromatic nitrogens is 2. The second-order valence-corrected chi connectivity index (χ2v) is 10.7. The molecule has 4 aliphatic carbocycles. The molecular weight excluding hydrogens is 409 g/mol. The summed E-state index contributed by atoms with van der Waals surface area (Å²) in [5, 5.41) is 11.7. The van der Waals surface area contributed by atoms with Crippen molar-refractivity contribution >= 4 is 39.9 Å². The molecule has 1 heterocycles. The summed E-state index contributed by atoms with van der Waals surface area (Å²) in [7, 11) is 0. The van der Waals surface area contributed by atoms with Crippen molar-refractivity contribution in [1.29, 1.82) is 0 Å². The Labute approximate surface area is 176 Å². The van der Waals surface area contributed by atoms with Crippen LogP contribution in [0, 0.1) is 35.4 Å². The molecule has 1 N–H and O–H groups in total. The number of Topliss-reactive ketones (excluding diaryl/α,β-unsaturated/α-hetero) is 1. The van der Waals surface area contributed by atoms with Gasteiger partial charge in [0.1, 0.15) is 5.82 Å². The lowest BCUT2D eigenvalue weighted by Crippen LogP contribution is -2.49. The monoisotopic (exact) mass is 431 g/mol. The van der Waals surface area contributed by atoms with Crippen LogP contribution in [0.3, 0.4) is 0 Å². The van der Waals surface area contributed by atoms with Gasteiger partial charge >= 0.3 is 0 Å². The van der Waals surface area contributed by atoms with E-state index in [9.17, 15) is 14.0 Å². The van der Waals surface area contributed by atoms with E-state index in [0.717, 1.165) is 11.8 Å². The van der Waals surface area contributed by atoms with E-state index in [1.807, 2.05) is 0 Å². The molecule has 0 aliphatic heterocycles. The summed E-state index contributed by atoms with van der Waals surface area (Å²) in [6.45, 7) is 0. The molecule has 0 atom stereocenters. The molecule has 0 unspecified atom stereocenters. The van der Waals surface area contributed by atoms with Gasteiger partial charge in [0.25, 0.3) is 0 Å². The average molecular weight is 432 g/mol. The Bertz CT molecular complexity index is 902. The number of thioether (sulfide) groups is 1. The minimum Gasteiger partial charge on any atom is -0.300 e. The van der Waals surface area contributed by atoms with E-state index >= 15 is 0 Å². The Morgan fingerprint density at radius 1 is 1.03 bits per heavy atom. The maximum atomic E-state index is 13.0. The fourth-order valence-electron chi connectivity index (χ4n) is 5.71. The Morgan fingerprint density at radius 3 is 2.34 bits per heavy atom. The number of halogens is 1. The van der Waals surface area contributed by atoms with Gasteiger partial charge in [0, 0.05) is 11.5 Å². The topological polar surface area (TPSA) is 72.0 Å². The molecule has 5 nitrogen and oxygen atoms in total. The van der Waals surface area contributed by atoms with Crippen molar-refractivity contribution < 1.29 is 14.0 Å². The first-order valence-electron chi connectivity index (χ1n) is 10.1. The van der Waals surface area contributed by atoms with Gasteiger partial charge in [0.15, 0.2) is 10.1 Å². The zero-order valence-corrected chi connectivity index (χ0v) is 17.5.